The van der Waals surface area contributed by atoms with E-state index in [2.05, 4.69) is 10.6 Å². The van der Waals surface area contributed by atoms with Crippen LogP contribution in [0.15, 0.2) is 29.8 Å². The highest BCUT2D eigenvalue weighted by Gasteiger charge is 2.09. The zero-order valence-electron chi connectivity index (χ0n) is 11.2. The molecule has 0 aliphatic rings. The largest absolute Gasteiger partial charge is 0.326 e. The first-order chi connectivity index (χ1) is 8.93. The maximum atomic E-state index is 13.6. The molecule has 0 saturated heterocycles. The number of carbonyl (C=O) groups excluding carboxylic acids is 2. The summed E-state index contributed by atoms with van der Waals surface area (Å²) in [4.78, 5) is 22.7. The maximum Gasteiger partial charge on any atom is 0.251 e. The van der Waals surface area contributed by atoms with Gasteiger partial charge < -0.3 is 10.6 Å². The second-order valence-electron chi connectivity index (χ2n) is 4.13. The van der Waals surface area contributed by atoms with Crippen LogP contribution in [0.25, 0.3) is 0 Å². The van der Waals surface area contributed by atoms with Gasteiger partial charge in [-0.05, 0) is 31.5 Å². The van der Waals surface area contributed by atoms with E-state index in [9.17, 15) is 14.0 Å². The van der Waals surface area contributed by atoms with Crippen LogP contribution in [0.5, 0.6) is 0 Å². The van der Waals surface area contributed by atoms with Crippen LogP contribution in [0.1, 0.15) is 27.2 Å². The molecule has 5 heteroatoms. The Labute approximate surface area is 111 Å². The fourth-order valence-corrected chi connectivity index (χ4v) is 1.52. The molecule has 2 N–H and O–H groups in total. The van der Waals surface area contributed by atoms with Crippen molar-refractivity contribution in [2.45, 2.75) is 27.2 Å². The summed E-state index contributed by atoms with van der Waals surface area (Å²) in [6.07, 6.45) is 2.48. The Morgan fingerprint density at radius 2 is 1.95 bits per heavy atom. The summed E-state index contributed by atoms with van der Waals surface area (Å²) in [7, 11) is 0. The fourth-order valence-electron chi connectivity index (χ4n) is 1.52. The van der Waals surface area contributed by atoms with E-state index in [0.29, 0.717) is 11.3 Å². The summed E-state index contributed by atoms with van der Waals surface area (Å²) < 4.78 is 13.6. The number of allylic oxidation sites excluding steroid dienone is 1. The molecule has 1 rings (SSSR count). The average Bonchev–Trinajstić information content (AvgIpc) is 2.33. The monoisotopic (exact) mass is 264 g/mol. The molecule has 0 fully saturated rings. The lowest BCUT2D eigenvalue weighted by atomic mass is 10.2. The summed E-state index contributed by atoms with van der Waals surface area (Å²) in [5.41, 5.74) is 0.994. The van der Waals surface area contributed by atoms with Gasteiger partial charge in [0.25, 0.3) is 5.91 Å². The minimum Gasteiger partial charge on any atom is -0.326 e. The zero-order chi connectivity index (χ0) is 14.4. The highest BCUT2D eigenvalue weighted by molar-refractivity contribution is 6.03. The second kappa shape index (κ2) is 6.68. The molecule has 2 amide bonds. The number of rotatable bonds is 4. The van der Waals surface area contributed by atoms with Crippen molar-refractivity contribution in [3.05, 3.63) is 35.7 Å². The molecule has 0 aromatic heterocycles. The fraction of sp³-hybridized carbons (Fsp3) is 0.286. The molecule has 1 aromatic carbocycles. The first-order valence-corrected chi connectivity index (χ1v) is 5.99. The lowest BCUT2D eigenvalue weighted by Crippen LogP contribution is -2.14. The molecular formula is C14H17FN2O2. The van der Waals surface area contributed by atoms with Gasteiger partial charge in [0.05, 0.1) is 5.69 Å². The number of halogens is 1. The first-order valence-electron chi connectivity index (χ1n) is 5.99. The molecule has 0 unspecified atom stereocenters. The summed E-state index contributed by atoms with van der Waals surface area (Å²) >= 11 is 0. The number of hydrogen-bond donors (Lipinski definition) is 2. The normalized spacial score (nSPS) is 11.1. The molecule has 0 atom stereocenters. The lowest BCUT2D eigenvalue weighted by molar-refractivity contribution is -0.114. The molecular weight excluding hydrogens is 247 g/mol. The highest BCUT2D eigenvalue weighted by Crippen LogP contribution is 2.20. The topological polar surface area (TPSA) is 58.2 Å². The van der Waals surface area contributed by atoms with E-state index in [-0.39, 0.29) is 17.5 Å². The van der Waals surface area contributed by atoms with Crippen molar-refractivity contribution in [1.29, 1.82) is 0 Å². The van der Waals surface area contributed by atoms with Crippen LogP contribution in [0.4, 0.5) is 15.8 Å². The zero-order valence-corrected chi connectivity index (χ0v) is 11.2. The highest BCUT2D eigenvalue weighted by atomic mass is 19.1. The third-order valence-electron chi connectivity index (χ3n) is 2.40. The van der Waals surface area contributed by atoms with Gasteiger partial charge in [-0.3, -0.25) is 9.59 Å². The Hall–Kier alpha value is -2.17. The van der Waals surface area contributed by atoms with Crippen LogP contribution in [0.2, 0.25) is 0 Å². The molecule has 1 aromatic rings. The van der Waals surface area contributed by atoms with Crippen LogP contribution < -0.4 is 10.6 Å². The van der Waals surface area contributed by atoms with Gasteiger partial charge in [0.1, 0.15) is 5.82 Å². The molecule has 19 heavy (non-hydrogen) atoms. The Balaban J connectivity index is 2.91. The van der Waals surface area contributed by atoms with E-state index in [1.807, 2.05) is 6.92 Å². The number of nitrogens with one attached hydrogen (secondary N) is 2. The molecule has 0 spiro atoms. The molecule has 0 aliphatic heterocycles. The molecule has 0 heterocycles. The van der Waals surface area contributed by atoms with E-state index in [1.54, 1.807) is 13.0 Å². The van der Waals surface area contributed by atoms with Crippen molar-refractivity contribution >= 4 is 23.2 Å². The van der Waals surface area contributed by atoms with Gasteiger partial charge >= 0.3 is 0 Å². The van der Waals surface area contributed by atoms with Gasteiger partial charge in [0.2, 0.25) is 5.91 Å². The second-order valence-corrected chi connectivity index (χ2v) is 4.13. The predicted octanol–water partition coefficient (Wildman–Crippen LogP) is 3.08. The SMILES string of the molecule is CCC=C(C)C(=O)Nc1cc(NC(C)=O)ccc1F. The van der Waals surface area contributed by atoms with Crippen molar-refractivity contribution in [1.82, 2.24) is 0 Å². The lowest BCUT2D eigenvalue weighted by Gasteiger charge is -2.09. The summed E-state index contributed by atoms with van der Waals surface area (Å²) in [6, 6.07) is 4.01. The van der Waals surface area contributed by atoms with Crippen molar-refractivity contribution in [2.24, 2.45) is 0 Å². The molecule has 0 saturated carbocycles. The van der Waals surface area contributed by atoms with Crippen molar-refractivity contribution in [2.75, 3.05) is 10.6 Å². The maximum absolute atomic E-state index is 13.6. The third-order valence-corrected chi connectivity index (χ3v) is 2.40. The van der Waals surface area contributed by atoms with Gasteiger partial charge in [0, 0.05) is 18.2 Å². The molecule has 0 aliphatic carbocycles. The van der Waals surface area contributed by atoms with Crippen molar-refractivity contribution in [3.8, 4) is 0 Å². The third kappa shape index (κ3) is 4.54. The van der Waals surface area contributed by atoms with Crippen LogP contribution >= 0.6 is 0 Å². The Morgan fingerprint density at radius 1 is 1.26 bits per heavy atom. The Kier molecular flexibility index (Phi) is 5.23. The minimum atomic E-state index is -0.549. The van der Waals surface area contributed by atoms with E-state index in [1.165, 1.54) is 25.1 Å². The van der Waals surface area contributed by atoms with E-state index in [4.69, 9.17) is 0 Å². The Bertz CT molecular complexity index is 524. The van der Waals surface area contributed by atoms with Crippen molar-refractivity contribution < 1.29 is 14.0 Å². The number of amides is 2. The van der Waals surface area contributed by atoms with Gasteiger partial charge in [-0.2, -0.15) is 0 Å². The summed E-state index contributed by atoms with van der Waals surface area (Å²) in [6.45, 7) is 4.93. The van der Waals surface area contributed by atoms with Gasteiger partial charge in [-0.25, -0.2) is 4.39 Å². The van der Waals surface area contributed by atoms with Gasteiger partial charge in [-0.15, -0.1) is 0 Å². The first kappa shape index (κ1) is 14.9. The quantitative estimate of drug-likeness (QED) is 0.821. The number of anilines is 2. The minimum absolute atomic E-state index is 0.0418. The summed E-state index contributed by atoms with van der Waals surface area (Å²) in [5, 5.41) is 5.00. The van der Waals surface area contributed by atoms with E-state index >= 15 is 0 Å². The van der Waals surface area contributed by atoms with Gasteiger partial charge in [0.15, 0.2) is 0 Å². The van der Waals surface area contributed by atoms with Crippen LogP contribution in [0, 0.1) is 5.82 Å². The standard InChI is InChI=1S/C14H17FN2O2/c1-4-5-9(2)14(19)17-13-8-11(16-10(3)18)6-7-12(13)15/h5-8H,4H2,1-3H3,(H,16,18)(H,17,19). The van der Waals surface area contributed by atoms with Crippen LogP contribution in [-0.4, -0.2) is 11.8 Å². The smallest absolute Gasteiger partial charge is 0.251 e. The Morgan fingerprint density at radius 3 is 2.53 bits per heavy atom. The summed E-state index contributed by atoms with van der Waals surface area (Å²) in [5.74, 6) is -1.17. The van der Waals surface area contributed by atoms with E-state index in [0.717, 1.165) is 6.42 Å². The number of benzene rings is 1. The molecule has 0 radical (unpaired) electrons. The van der Waals surface area contributed by atoms with Crippen molar-refractivity contribution in [3.63, 3.8) is 0 Å². The molecule has 4 nitrogen and oxygen atoms in total. The molecule has 0 bridgehead atoms. The van der Waals surface area contributed by atoms with Gasteiger partial charge in [-0.1, -0.05) is 13.0 Å². The average molecular weight is 264 g/mol. The van der Waals surface area contributed by atoms with Crippen LogP contribution in [-0.2, 0) is 9.59 Å². The molecule has 102 valence electrons. The number of carbonyl (C=O) groups is 2. The number of hydrogen-bond acceptors (Lipinski definition) is 2. The predicted molar refractivity (Wildman–Crippen MR) is 73.4 cm³/mol. The van der Waals surface area contributed by atoms with Crippen LogP contribution in [0.3, 0.4) is 0 Å². The van der Waals surface area contributed by atoms with E-state index < -0.39 is 5.82 Å².